The monoisotopic (exact) mass is 754 g/mol. The first-order valence-corrected chi connectivity index (χ1v) is 20.5. The molecule has 2 aliphatic heterocycles. The normalized spacial score (nSPS) is 15.2. The van der Waals surface area contributed by atoms with Crippen LogP contribution < -0.4 is 9.80 Å². The Kier molecular flexibility index (Phi) is 15.9. The second-order valence-corrected chi connectivity index (χ2v) is 15.0. The fourth-order valence-corrected chi connectivity index (χ4v) is 8.11. The number of hydrogen-bond donors (Lipinski definition) is 0. The number of ether oxygens (including phenoxy) is 3. The lowest BCUT2D eigenvalue weighted by molar-refractivity contribution is -0.155. The predicted octanol–water partition coefficient (Wildman–Crippen LogP) is 8.95. The van der Waals surface area contributed by atoms with E-state index in [4.69, 9.17) is 30.2 Å². The van der Waals surface area contributed by atoms with Gasteiger partial charge in [0.05, 0.1) is 30.0 Å². The van der Waals surface area contributed by atoms with Crippen molar-refractivity contribution in [1.82, 2.24) is 9.27 Å². The van der Waals surface area contributed by atoms with E-state index in [9.17, 15) is 14.4 Å². The maximum absolute atomic E-state index is 13.3. The molecule has 52 heavy (non-hydrogen) atoms. The summed E-state index contributed by atoms with van der Waals surface area (Å²) < 4.78 is 21.9. The van der Waals surface area contributed by atoms with Crippen molar-refractivity contribution in [3.63, 3.8) is 0 Å². The SMILES string of the molecule is CCCCCCCCCCCCCCOC(=O)OC(C(=O)OCC)N1C(=O)Cc2cc(CCN3CCN(c4nsc5ccccc45)CC3)c(Cl)cc21. The Morgan fingerprint density at radius 3 is 2.25 bits per heavy atom. The molecule has 0 aliphatic carbocycles. The largest absolute Gasteiger partial charge is 0.510 e. The lowest BCUT2D eigenvalue weighted by Crippen LogP contribution is -2.47. The quantitative estimate of drug-likeness (QED) is 0.0779. The van der Waals surface area contributed by atoms with Crippen LogP contribution in [0.1, 0.15) is 102 Å². The topological polar surface area (TPSA) is 102 Å². The Morgan fingerprint density at radius 2 is 1.56 bits per heavy atom. The van der Waals surface area contributed by atoms with Crippen molar-refractivity contribution < 1.29 is 28.6 Å². The van der Waals surface area contributed by atoms with E-state index in [0.29, 0.717) is 23.6 Å². The molecule has 0 saturated carbocycles. The molecule has 1 saturated heterocycles. The number of fused-ring (bicyclic) bond motifs is 2. The molecule has 5 rings (SSSR count). The summed E-state index contributed by atoms with van der Waals surface area (Å²) in [5.41, 5.74) is 2.10. The predicted molar refractivity (Wildman–Crippen MR) is 209 cm³/mol. The molecule has 1 fully saturated rings. The summed E-state index contributed by atoms with van der Waals surface area (Å²) in [5.74, 6) is -0.147. The van der Waals surface area contributed by atoms with Crippen LogP contribution in [0.5, 0.6) is 0 Å². The molecule has 0 spiro atoms. The minimum Gasteiger partial charge on any atom is -0.462 e. The highest BCUT2D eigenvalue weighted by Crippen LogP contribution is 2.36. The summed E-state index contributed by atoms with van der Waals surface area (Å²) in [4.78, 5) is 45.0. The lowest BCUT2D eigenvalue weighted by Gasteiger charge is -2.35. The van der Waals surface area contributed by atoms with Crippen LogP contribution in [0.4, 0.5) is 16.3 Å². The third-order valence-corrected chi connectivity index (χ3v) is 11.2. The molecule has 284 valence electrons. The van der Waals surface area contributed by atoms with Gasteiger partial charge in [0.25, 0.3) is 6.23 Å². The molecule has 12 heteroatoms. The Labute approximate surface area is 317 Å². The van der Waals surface area contributed by atoms with Gasteiger partial charge in [-0.3, -0.25) is 14.6 Å². The number of amides is 1. The van der Waals surface area contributed by atoms with E-state index in [2.05, 4.69) is 34.9 Å². The van der Waals surface area contributed by atoms with E-state index < -0.39 is 18.4 Å². The van der Waals surface area contributed by atoms with Crippen molar-refractivity contribution >= 4 is 62.8 Å². The lowest BCUT2D eigenvalue weighted by atomic mass is 10.1. The third kappa shape index (κ3) is 11.1. The molecule has 1 atom stereocenters. The van der Waals surface area contributed by atoms with E-state index >= 15 is 0 Å². The first-order chi connectivity index (χ1) is 25.4. The minimum absolute atomic E-state index is 0.0624. The van der Waals surface area contributed by atoms with Gasteiger partial charge in [-0.15, -0.1) is 0 Å². The van der Waals surface area contributed by atoms with Gasteiger partial charge in [0.2, 0.25) is 5.91 Å². The highest BCUT2D eigenvalue weighted by Gasteiger charge is 2.41. The Hall–Kier alpha value is -3.41. The van der Waals surface area contributed by atoms with Gasteiger partial charge < -0.3 is 19.1 Å². The Bertz CT molecular complexity index is 1610. The molecule has 10 nitrogen and oxygen atoms in total. The Balaban J connectivity index is 1.07. The summed E-state index contributed by atoms with van der Waals surface area (Å²) in [6, 6.07) is 12.0. The van der Waals surface area contributed by atoms with Gasteiger partial charge in [-0.05, 0) is 60.6 Å². The molecular weight excluding hydrogens is 700 g/mol. The Morgan fingerprint density at radius 1 is 0.885 bits per heavy atom. The van der Waals surface area contributed by atoms with Gasteiger partial charge in [0, 0.05) is 43.1 Å². The van der Waals surface area contributed by atoms with Crippen LogP contribution in [-0.2, 0) is 36.6 Å². The van der Waals surface area contributed by atoms with Gasteiger partial charge in [-0.2, -0.15) is 4.37 Å². The highest BCUT2D eigenvalue weighted by atomic mass is 35.5. The average molecular weight is 755 g/mol. The van der Waals surface area contributed by atoms with E-state index in [-0.39, 0.29) is 25.5 Å². The van der Waals surface area contributed by atoms with Crippen LogP contribution in [0, 0.1) is 0 Å². The van der Waals surface area contributed by atoms with Crippen LogP contribution in [0.15, 0.2) is 36.4 Å². The van der Waals surface area contributed by atoms with Crippen molar-refractivity contribution in [3.05, 3.63) is 52.5 Å². The fraction of sp³-hybridized carbons (Fsp3) is 0.600. The number of halogens is 1. The fourth-order valence-electron chi connectivity index (χ4n) is 7.06. The van der Waals surface area contributed by atoms with E-state index in [0.717, 1.165) is 62.5 Å². The average Bonchev–Trinajstić information content (AvgIpc) is 3.72. The number of anilines is 2. The zero-order chi connectivity index (χ0) is 36.7. The van der Waals surface area contributed by atoms with Crippen LogP contribution >= 0.6 is 23.1 Å². The summed E-state index contributed by atoms with van der Waals surface area (Å²) in [5, 5.41) is 1.69. The number of esters is 1. The van der Waals surface area contributed by atoms with Gasteiger partial charge >= 0.3 is 12.1 Å². The van der Waals surface area contributed by atoms with Gasteiger partial charge in [0.1, 0.15) is 5.82 Å². The molecule has 1 unspecified atom stereocenters. The van der Waals surface area contributed by atoms with Gasteiger partial charge in [0.15, 0.2) is 0 Å². The van der Waals surface area contributed by atoms with E-state index in [1.165, 1.54) is 72.8 Å². The maximum Gasteiger partial charge on any atom is 0.510 e. The molecule has 3 heterocycles. The van der Waals surface area contributed by atoms with Crippen molar-refractivity contribution in [2.24, 2.45) is 0 Å². The zero-order valence-electron chi connectivity index (χ0n) is 30.9. The van der Waals surface area contributed by atoms with Crippen molar-refractivity contribution in [1.29, 1.82) is 0 Å². The number of hydrogen-bond acceptors (Lipinski definition) is 10. The van der Waals surface area contributed by atoms with Crippen LogP contribution in [0.3, 0.4) is 0 Å². The molecule has 2 aromatic carbocycles. The van der Waals surface area contributed by atoms with Crippen LogP contribution in [0.2, 0.25) is 5.02 Å². The van der Waals surface area contributed by atoms with Gasteiger partial charge in [-0.25, -0.2) is 9.59 Å². The molecule has 0 N–H and O–H groups in total. The molecule has 0 radical (unpaired) electrons. The van der Waals surface area contributed by atoms with Crippen LogP contribution in [-0.4, -0.2) is 79.5 Å². The third-order valence-electron chi connectivity index (χ3n) is 9.99. The van der Waals surface area contributed by atoms with Gasteiger partial charge in [-0.1, -0.05) is 107 Å². The van der Waals surface area contributed by atoms with E-state index in [1.807, 2.05) is 12.1 Å². The van der Waals surface area contributed by atoms with Crippen molar-refractivity contribution in [3.8, 4) is 0 Å². The molecular formula is C40H55ClN4O6S. The number of aromatic nitrogens is 1. The first kappa shape index (κ1) is 39.8. The molecule has 3 aromatic rings. The second kappa shape index (κ2) is 20.7. The smallest absolute Gasteiger partial charge is 0.462 e. The second-order valence-electron chi connectivity index (χ2n) is 13.8. The first-order valence-electron chi connectivity index (χ1n) is 19.3. The molecule has 0 bridgehead atoms. The highest BCUT2D eigenvalue weighted by molar-refractivity contribution is 7.13. The number of unbranched alkanes of at least 4 members (excludes halogenated alkanes) is 11. The number of carbonyl (C=O) groups is 3. The number of nitrogens with zero attached hydrogens (tertiary/aromatic N) is 4. The maximum atomic E-state index is 13.3. The number of carbonyl (C=O) groups excluding carboxylic acids is 3. The zero-order valence-corrected chi connectivity index (χ0v) is 32.5. The summed E-state index contributed by atoms with van der Waals surface area (Å²) >= 11 is 8.33. The minimum atomic E-state index is -1.60. The van der Waals surface area contributed by atoms with Crippen molar-refractivity contribution in [2.45, 2.75) is 110 Å². The summed E-state index contributed by atoms with van der Waals surface area (Å²) in [7, 11) is 0. The molecule has 2 aliphatic rings. The molecule has 1 aromatic heterocycles. The number of benzene rings is 2. The van der Waals surface area contributed by atoms with Crippen molar-refractivity contribution in [2.75, 3.05) is 55.7 Å². The number of piperazine rings is 1. The van der Waals surface area contributed by atoms with E-state index in [1.54, 1.807) is 24.5 Å². The van der Waals surface area contributed by atoms with Crippen LogP contribution in [0.25, 0.3) is 10.1 Å². The summed E-state index contributed by atoms with van der Waals surface area (Å²) in [6.45, 7) is 8.58. The molecule has 1 amide bonds. The standard InChI is InChI=1S/C40H55ClN4O6S/c1-3-5-6-7-8-9-10-11-12-13-14-17-26-50-40(48)51-38(39(47)49-4-2)45-34-29-33(41)30(27-31(34)28-36(45)46)20-21-43-22-24-44(25-23-43)37-32-18-15-16-19-35(32)52-42-37/h15-16,18-19,27,29,38H,3-14,17,20-26,28H2,1-2H3. The number of rotatable bonds is 21. The summed E-state index contributed by atoms with van der Waals surface area (Å²) in [6.07, 6.45) is 12.6.